The third-order valence-corrected chi connectivity index (χ3v) is 4.56. The summed E-state index contributed by atoms with van der Waals surface area (Å²) in [6.45, 7) is 3.86. The van der Waals surface area contributed by atoms with Crippen LogP contribution in [0.4, 0.5) is 5.95 Å². The molecule has 2 aromatic rings. The zero-order valence-electron chi connectivity index (χ0n) is 12.5. The molecule has 0 saturated carbocycles. The Morgan fingerprint density at radius 3 is 2.64 bits per heavy atom. The van der Waals surface area contributed by atoms with Gasteiger partial charge in [0.15, 0.2) is 5.82 Å². The molecular formula is C15H20N6O. The third kappa shape index (κ3) is 2.68. The molecule has 2 fully saturated rings. The van der Waals surface area contributed by atoms with Gasteiger partial charge in [0, 0.05) is 43.9 Å². The maximum Gasteiger partial charge on any atom is 0.229 e. The van der Waals surface area contributed by atoms with Crippen LogP contribution in [0.2, 0.25) is 0 Å². The van der Waals surface area contributed by atoms with E-state index in [4.69, 9.17) is 4.52 Å². The number of nitrogens with zero attached hydrogens (tertiary/aromatic N) is 5. The first-order chi connectivity index (χ1) is 10.9. The van der Waals surface area contributed by atoms with E-state index in [-0.39, 0.29) is 0 Å². The van der Waals surface area contributed by atoms with E-state index in [9.17, 15) is 0 Å². The van der Waals surface area contributed by atoms with Gasteiger partial charge in [-0.15, -0.1) is 0 Å². The Morgan fingerprint density at radius 2 is 1.91 bits per heavy atom. The molecule has 2 aliphatic rings. The molecule has 2 aromatic heterocycles. The van der Waals surface area contributed by atoms with Gasteiger partial charge >= 0.3 is 0 Å². The number of aromatic nitrogens is 4. The average Bonchev–Trinajstić information content (AvgIpc) is 3.27. The van der Waals surface area contributed by atoms with E-state index in [0.717, 1.165) is 63.1 Å². The minimum atomic E-state index is 0.357. The fraction of sp³-hybridized carbons (Fsp3) is 0.600. The SMILES string of the molecule is c1cnc(N2CCC(c3nc(C4CCNC4)no3)CC2)nc1. The highest BCUT2D eigenvalue weighted by molar-refractivity contribution is 5.29. The van der Waals surface area contributed by atoms with E-state index in [0.29, 0.717) is 11.8 Å². The summed E-state index contributed by atoms with van der Waals surface area (Å²) in [5, 5.41) is 7.53. The molecule has 4 heterocycles. The van der Waals surface area contributed by atoms with Gasteiger partial charge in [-0.05, 0) is 31.9 Å². The lowest BCUT2D eigenvalue weighted by atomic mass is 9.97. The fourth-order valence-corrected chi connectivity index (χ4v) is 3.23. The van der Waals surface area contributed by atoms with Crippen LogP contribution >= 0.6 is 0 Å². The molecular weight excluding hydrogens is 280 g/mol. The van der Waals surface area contributed by atoms with Crippen molar-refractivity contribution >= 4 is 5.95 Å². The van der Waals surface area contributed by atoms with Gasteiger partial charge in [0.25, 0.3) is 0 Å². The topological polar surface area (TPSA) is 80.0 Å². The highest BCUT2D eigenvalue weighted by Crippen LogP contribution is 2.29. The standard InChI is InChI=1S/C15H20N6O/c1-5-17-15(18-6-1)21-8-3-11(4-9-21)14-19-13(20-22-14)12-2-7-16-10-12/h1,5-6,11-12,16H,2-4,7-10H2. The van der Waals surface area contributed by atoms with Crippen molar-refractivity contribution in [1.29, 1.82) is 0 Å². The van der Waals surface area contributed by atoms with Crippen LogP contribution in [0.3, 0.4) is 0 Å². The minimum absolute atomic E-state index is 0.357. The van der Waals surface area contributed by atoms with Crippen LogP contribution in [0.1, 0.15) is 42.8 Å². The molecule has 0 aliphatic carbocycles. The van der Waals surface area contributed by atoms with Crippen molar-refractivity contribution in [2.45, 2.75) is 31.1 Å². The Morgan fingerprint density at radius 1 is 1.09 bits per heavy atom. The van der Waals surface area contributed by atoms with Crippen LogP contribution in [-0.4, -0.2) is 46.3 Å². The van der Waals surface area contributed by atoms with Crippen molar-refractivity contribution in [3.8, 4) is 0 Å². The highest BCUT2D eigenvalue weighted by Gasteiger charge is 2.28. The Kier molecular flexibility index (Phi) is 3.72. The molecule has 22 heavy (non-hydrogen) atoms. The second kappa shape index (κ2) is 6.00. The largest absolute Gasteiger partial charge is 0.341 e. The van der Waals surface area contributed by atoms with Gasteiger partial charge in [0.2, 0.25) is 11.8 Å². The Bertz CT molecular complexity index is 602. The number of hydrogen-bond acceptors (Lipinski definition) is 7. The normalized spacial score (nSPS) is 23.1. The number of rotatable bonds is 3. The van der Waals surface area contributed by atoms with Gasteiger partial charge in [0.05, 0.1) is 0 Å². The maximum absolute atomic E-state index is 5.52. The van der Waals surface area contributed by atoms with E-state index in [1.54, 1.807) is 12.4 Å². The van der Waals surface area contributed by atoms with E-state index in [1.165, 1.54) is 0 Å². The van der Waals surface area contributed by atoms with Crippen molar-refractivity contribution in [2.24, 2.45) is 0 Å². The molecule has 7 nitrogen and oxygen atoms in total. The molecule has 0 bridgehead atoms. The second-order valence-corrected chi connectivity index (χ2v) is 5.99. The highest BCUT2D eigenvalue weighted by atomic mass is 16.5. The lowest BCUT2D eigenvalue weighted by Crippen LogP contribution is -2.34. The minimum Gasteiger partial charge on any atom is -0.341 e. The summed E-state index contributed by atoms with van der Waals surface area (Å²) in [4.78, 5) is 15.5. The predicted molar refractivity (Wildman–Crippen MR) is 80.7 cm³/mol. The molecule has 0 radical (unpaired) electrons. The van der Waals surface area contributed by atoms with Crippen LogP contribution < -0.4 is 10.2 Å². The van der Waals surface area contributed by atoms with Crippen LogP contribution in [0, 0.1) is 0 Å². The molecule has 4 rings (SSSR count). The molecule has 1 atom stereocenters. The van der Waals surface area contributed by atoms with E-state index in [2.05, 4.69) is 30.3 Å². The third-order valence-electron chi connectivity index (χ3n) is 4.56. The van der Waals surface area contributed by atoms with Crippen molar-refractivity contribution in [1.82, 2.24) is 25.4 Å². The smallest absolute Gasteiger partial charge is 0.229 e. The molecule has 7 heteroatoms. The summed E-state index contributed by atoms with van der Waals surface area (Å²) in [6, 6.07) is 1.84. The predicted octanol–water partition coefficient (Wildman–Crippen LogP) is 1.32. The van der Waals surface area contributed by atoms with Crippen molar-refractivity contribution in [2.75, 3.05) is 31.1 Å². The van der Waals surface area contributed by atoms with Gasteiger partial charge in [-0.2, -0.15) is 4.98 Å². The van der Waals surface area contributed by atoms with Crippen molar-refractivity contribution in [3.63, 3.8) is 0 Å². The van der Waals surface area contributed by atoms with Gasteiger partial charge < -0.3 is 14.7 Å². The second-order valence-electron chi connectivity index (χ2n) is 5.99. The summed E-state index contributed by atoms with van der Waals surface area (Å²) in [7, 11) is 0. The number of nitrogens with one attached hydrogen (secondary N) is 1. The summed E-state index contributed by atoms with van der Waals surface area (Å²) < 4.78 is 5.52. The zero-order chi connectivity index (χ0) is 14.8. The summed E-state index contributed by atoms with van der Waals surface area (Å²) in [5.74, 6) is 3.25. The molecule has 2 aliphatic heterocycles. The zero-order valence-corrected chi connectivity index (χ0v) is 12.5. The van der Waals surface area contributed by atoms with Crippen molar-refractivity contribution in [3.05, 3.63) is 30.2 Å². The monoisotopic (exact) mass is 300 g/mol. The summed E-state index contributed by atoms with van der Waals surface area (Å²) in [6.07, 6.45) is 6.68. The lowest BCUT2D eigenvalue weighted by molar-refractivity contribution is 0.325. The van der Waals surface area contributed by atoms with Gasteiger partial charge in [-0.3, -0.25) is 0 Å². The van der Waals surface area contributed by atoms with Crippen LogP contribution in [-0.2, 0) is 0 Å². The van der Waals surface area contributed by atoms with Crippen LogP contribution in [0.15, 0.2) is 23.0 Å². The van der Waals surface area contributed by atoms with Crippen LogP contribution in [0.5, 0.6) is 0 Å². The van der Waals surface area contributed by atoms with Crippen LogP contribution in [0.25, 0.3) is 0 Å². The molecule has 0 amide bonds. The summed E-state index contributed by atoms with van der Waals surface area (Å²) >= 11 is 0. The molecule has 0 aromatic carbocycles. The summed E-state index contributed by atoms with van der Waals surface area (Å²) in [5.41, 5.74) is 0. The molecule has 0 spiro atoms. The molecule has 116 valence electrons. The quantitative estimate of drug-likeness (QED) is 0.915. The van der Waals surface area contributed by atoms with E-state index < -0.39 is 0 Å². The van der Waals surface area contributed by atoms with Gasteiger partial charge in [0.1, 0.15) is 0 Å². The Labute approximate surface area is 129 Å². The Hall–Kier alpha value is -2.02. The number of piperidine rings is 1. The Balaban J connectivity index is 1.39. The molecule has 1 N–H and O–H groups in total. The lowest BCUT2D eigenvalue weighted by Gasteiger charge is -2.30. The van der Waals surface area contributed by atoms with Gasteiger partial charge in [-0.25, -0.2) is 9.97 Å². The first-order valence-electron chi connectivity index (χ1n) is 7.96. The average molecular weight is 300 g/mol. The fourth-order valence-electron chi connectivity index (χ4n) is 3.23. The number of anilines is 1. The van der Waals surface area contributed by atoms with Crippen molar-refractivity contribution < 1.29 is 4.52 Å². The first kappa shape index (κ1) is 13.6. The first-order valence-corrected chi connectivity index (χ1v) is 7.96. The maximum atomic E-state index is 5.52. The van der Waals surface area contributed by atoms with E-state index in [1.807, 2.05) is 6.07 Å². The van der Waals surface area contributed by atoms with Gasteiger partial charge in [-0.1, -0.05) is 5.16 Å². The number of hydrogen-bond donors (Lipinski definition) is 1. The molecule has 2 saturated heterocycles. The van der Waals surface area contributed by atoms with E-state index >= 15 is 0 Å². The molecule has 1 unspecified atom stereocenters.